The highest BCUT2D eigenvalue weighted by atomic mass is 15.2. The molecule has 1 aromatic heterocycles. The van der Waals surface area contributed by atoms with E-state index in [2.05, 4.69) is 52.2 Å². The van der Waals surface area contributed by atoms with Crippen LogP contribution in [0.25, 0.3) is 10.9 Å². The van der Waals surface area contributed by atoms with E-state index in [9.17, 15) is 0 Å². The van der Waals surface area contributed by atoms with Crippen LogP contribution in [0.4, 0.5) is 0 Å². The topological polar surface area (TPSA) is 20.2 Å². The van der Waals surface area contributed by atoms with Gasteiger partial charge in [0, 0.05) is 50.0 Å². The molecule has 3 heterocycles. The number of para-hydroxylation sites is 1. The van der Waals surface area contributed by atoms with Gasteiger partial charge in [0.2, 0.25) is 0 Å². The Balaban J connectivity index is 1.56. The van der Waals surface area contributed by atoms with Crippen LogP contribution in [0.1, 0.15) is 25.0 Å². The van der Waals surface area contributed by atoms with Gasteiger partial charge in [0.1, 0.15) is 0 Å². The largest absolute Gasteiger partial charge is 0.346 e. The highest BCUT2D eigenvalue weighted by Crippen LogP contribution is 2.23. The van der Waals surface area contributed by atoms with Gasteiger partial charge in [-0.1, -0.05) is 18.2 Å². The molecule has 2 atom stereocenters. The number of nitrogens with one attached hydrogen (secondary N) is 1. The summed E-state index contributed by atoms with van der Waals surface area (Å²) < 4.78 is 2.35. The normalized spacial score (nSPS) is 27.1. The van der Waals surface area contributed by atoms with Crippen LogP contribution in [0.5, 0.6) is 0 Å². The minimum atomic E-state index is 0.720. The number of nitrogens with zero attached hydrogens (tertiary/aromatic N) is 2. The molecule has 20 heavy (non-hydrogen) atoms. The Hall–Kier alpha value is -1.32. The van der Waals surface area contributed by atoms with Crippen LogP contribution in [0, 0.1) is 0 Å². The monoisotopic (exact) mass is 269 g/mol. The maximum Gasteiger partial charge on any atom is 0.0480 e. The molecule has 3 nitrogen and oxygen atoms in total. The molecule has 4 rings (SSSR count). The van der Waals surface area contributed by atoms with Gasteiger partial charge in [-0.15, -0.1) is 0 Å². The summed E-state index contributed by atoms with van der Waals surface area (Å²) in [5.41, 5.74) is 2.78. The summed E-state index contributed by atoms with van der Waals surface area (Å²) in [6.45, 7) is 3.52. The molecular formula is C17H23N3. The van der Waals surface area contributed by atoms with Gasteiger partial charge in [-0.3, -0.25) is 4.90 Å². The van der Waals surface area contributed by atoms with Gasteiger partial charge in [-0.05, 0) is 36.8 Å². The summed E-state index contributed by atoms with van der Waals surface area (Å²) in [6, 6.07) is 12.5. The van der Waals surface area contributed by atoms with Gasteiger partial charge in [-0.25, -0.2) is 0 Å². The first-order valence-electron chi connectivity index (χ1n) is 7.81. The molecule has 3 heteroatoms. The summed E-state index contributed by atoms with van der Waals surface area (Å²) in [5.74, 6) is 0. The number of fused-ring (bicyclic) bond motifs is 3. The average molecular weight is 269 g/mol. The van der Waals surface area contributed by atoms with Crippen LogP contribution in [0.15, 0.2) is 30.3 Å². The first kappa shape index (κ1) is 12.4. The Morgan fingerprint density at radius 2 is 2.00 bits per heavy atom. The maximum atomic E-state index is 3.76. The fraction of sp³-hybridized carbons (Fsp3) is 0.529. The van der Waals surface area contributed by atoms with E-state index in [-0.39, 0.29) is 0 Å². The third-order valence-corrected chi connectivity index (χ3v) is 5.04. The Morgan fingerprint density at radius 3 is 2.90 bits per heavy atom. The summed E-state index contributed by atoms with van der Waals surface area (Å²) in [6.07, 6.45) is 4.04. The van der Waals surface area contributed by atoms with Crippen molar-refractivity contribution in [3.63, 3.8) is 0 Å². The number of aromatic nitrogens is 1. The van der Waals surface area contributed by atoms with Gasteiger partial charge in [-0.2, -0.15) is 0 Å². The third-order valence-electron chi connectivity index (χ3n) is 5.04. The zero-order valence-electron chi connectivity index (χ0n) is 12.2. The van der Waals surface area contributed by atoms with E-state index in [4.69, 9.17) is 0 Å². The third kappa shape index (κ3) is 2.15. The minimum absolute atomic E-state index is 0.720. The molecule has 0 saturated carbocycles. The van der Waals surface area contributed by atoms with Crippen LogP contribution < -0.4 is 5.32 Å². The van der Waals surface area contributed by atoms with Crippen LogP contribution in [0.3, 0.4) is 0 Å². The molecule has 0 spiro atoms. The quantitative estimate of drug-likeness (QED) is 0.904. The SMILES string of the molecule is Cn1c(CN2CC[C@@H]3CC[C@H](C2)N3)cc2ccccc21. The molecule has 106 valence electrons. The lowest BCUT2D eigenvalue weighted by molar-refractivity contribution is 0.246. The van der Waals surface area contributed by atoms with Crippen molar-refractivity contribution in [2.45, 2.75) is 37.9 Å². The minimum Gasteiger partial charge on any atom is -0.346 e. The summed E-state index contributed by atoms with van der Waals surface area (Å²) >= 11 is 0. The molecule has 2 saturated heterocycles. The summed E-state index contributed by atoms with van der Waals surface area (Å²) in [7, 11) is 2.19. The number of benzene rings is 1. The van der Waals surface area contributed by atoms with Crippen molar-refractivity contribution in [2.24, 2.45) is 7.05 Å². The lowest BCUT2D eigenvalue weighted by Crippen LogP contribution is -2.35. The molecule has 1 aromatic carbocycles. The summed E-state index contributed by atoms with van der Waals surface area (Å²) in [4.78, 5) is 2.63. The molecule has 2 aromatic rings. The molecule has 0 aliphatic carbocycles. The number of aryl methyl sites for hydroxylation is 1. The average Bonchev–Trinajstić information content (AvgIpc) is 2.94. The highest BCUT2D eigenvalue weighted by molar-refractivity contribution is 5.81. The smallest absolute Gasteiger partial charge is 0.0480 e. The molecule has 0 radical (unpaired) electrons. The van der Waals surface area contributed by atoms with Crippen molar-refractivity contribution in [3.8, 4) is 0 Å². The van der Waals surface area contributed by atoms with E-state index in [1.807, 2.05) is 0 Å². The standard InChI is InChI=1S/C17H23N3/c1-19-16(10-13-4-2-3-5-17(13)19)12-20-9-8-14-6-7-15(11-20)18-14/h2-5,10,14-15,18H,6-9,11-12H2,1H3/t14-,15+/m0/s1. The van der Waals surface area contributed by atoms with E-state index >= 15 is 0 Å². The molecule has 0 amide bonds. The fourth-order valence-corrected chi connectivity index (χ4v) is 3.89. The van der Waals surface area contributed by atoms with E-state index in [1.54, 1.807) is 0 Å². The lowest BCUT2D eigenvalue weighted by Gasteiger charge is -2.24. The maximum absolute atomic E-state index is 3.76. The van der Waals surface area contributed by atoms with Crippen molar-refractivity contribution in [2.75, 3.05) is 13.1 Å². The van der Waals surface area contributed by atoms with Gasteiger partial charge in [0.05, 0.1) is 0 Å². The number of likely N-dealkylation sites (tertiary alicyclic amines) is 1. The van der Waals surface area contributed by atoms with Crippen molar-refractivity contribution in [1.29, 1.82) is 0 Å². The van der Waals surface area contributed by atoms with Gasteiger partial charge < -0.3 is 9.88 Å². The molecule has 2 fully saturated rings. The predicted molar refractivity (Wildman–Crippen MR) is 82.8 cm³/mol. The van der Waals surface area contributed by atoms with Gasteiger partial charge in [0.15, 0.2) is 0 Å². The zero-order chi connectivity index (χ0) is 13.5. The lowest BCUT2D eigenvalue weighted by atomic mass is 10.1. The number of hydrogen-bond donors (Lipinski definition) is 1. The van der Waals surface area contributed by atoms with Crippen LogP contribution in [0.2, 0.25) is 0 Å². The second-order valence-corrected chi connectivity index (χ2v) is 6.42. The molecule has 0 unspecified atom stereocenters. The predicted octanol–water partition coefficient (Wildman–Crippen LogP) is 2.50. The zero-order valence-corrected chi connectivity index (χ0v) is 12.2. The Bertz CT molecular complexity index is 616. The Morgan fingerprint density at radius 1 is 1.15 bits per heavy atom. The summed E-state index contributed by atoms with van der Waals surface area (Å²) in [5, 5.41) is 5.12. The number of hydrogen-bond acceptors (Lipinski definition) is 2. The second-order valence-electron chi connectivity index (χ2n) is 6.42. The molecule has 2 bridgehead atoms. The van der Waals surface area contributed by atoms with E-state index in [1.165, 1.54) is 48.9 Å². The van der Waals surface area contributed by atoms with Gasteiger partial charge in [0.25, 0.3) is 0 Å². The van der Waals surface area contributed by atoms with E-state index in [0.717, 1.165) is 18.6 Å². The highest BCUT2D eigenvalue weighted by Gasteiger charge is 2.29. The van der Waals surface area contributed by atoms with Crippen molar-refractivity contribution < 1.29 is 0 Å². The first-order valence-corrected chi connectivity index (χ1v) is 7.81. The van der Waals surface area contributed by atoms with Gasteiger partial charge >= 0.3 is 0 Å². The molecule has 2 aliphatic heterocycles. The molecule has 1 N–H and O–H groups in total. The fourth-order valence-electron chi connectivity index (χ4n) is 3.89. The van der Waals surface area contributed by atoms with E-state index < -0.39 is 0 Å². The Kier molecular flexibility index (Phi) is 3.04. The van der Waals surface area contributed by atoms with Crippen molar-refractivity contribution in [3.05, 3.63) is 36.0 Å². The molecular weight excluding hydrogens is 246 g/mol. The van der Waals surface area contributed by atoms with Crippen molar-refractivity contribution >= 4 is 10.9 Å². The van der Waals surface area contributed by atoms with E-state index in [0.29, 0.717) is 0 Å². The Labute approximate surface area is 120 Å². The van der Waals surface area contributed by atoms with Crippen LogP contribution in [-0.4, -0.2) is 34.6 Å². The van der Waals surface area contributed by atoms with Crippen LogP contribution >= 0.6 is 0 Å². The molecule has 2 aliphatic rings. The van der Waals surface area contributed by atoms with Crippen LogP contribution in [-0.2, 0) is 13.6 Å². The second kappa shape index (κ2) is 4.90. The number of rotatable bonds is 2. The van der Waals surface area contributed by atoms with Crippen molar-refractivity contribution in [1.82, 2.24) is 14.8 Å². The first-order chi connectivity index (χ1) is 9.79.